The minimum atomic E-state index is -1.25. The number of hydrogen-bond donors (Lipinski definition) is 1. The maximum absolute atomic E-state index is 12.2. The topological polar surface area (TPSA) is 57.6 Å². The Hall–Kier alpha value is -1.66. The minimum Gasteiger partial charge on any atom is -0.476 e. The third kappa shape index (κ3) is 4.74. The van der Waals surface area contributed by atoms with Crippen LogP contribution < -0.4 is 0 Å². The number of carbonyl (C=O) groups excluding carboxylic acids is 1. The van der Waals surface area contributed by atoms with Gasteiger partial charge in [-0.05, 0) is 50.2 Å². The molecule has 1 saturated heterocycles. The molecule has 140 valence electrons. The fraction of sp³-hybridized carbons (Fsp3) is 0.450. The van der Waals surface area contributed by atoms with Gasteiger partial charge in [0.25, 0.3) is 5.91 Å². The molecule has 6 heteroatoms. The third-order valence-corrected chi connectivity index (χ3v) is 6.19. The zero-order valence-electron chi connectivity index (χ0n) is 15.7. The SMILES string of the molecule is CC(C=CC1=C(C)CCCC1(C)C)=CC=C1SCN(C(=S)C(=O)O)C1=O. The Balaban J connectivity index is 2.11. The van der Waals surface area contributed by atoms with E-state index >= 15 is 0 Å². The highest BCUT2D eigenvalue weighted by Crippen LogP contribution is 2.40. The summed E-state index contributed by atoms with van der Waals surface area (Å²) in [6, 6.07) is 0. The molecule has 0 aromatic rings. The number of thiocarbonyl (C=S) groups is 1. The molecule has 4 nitrogen and oxygen atoms in total. The van der Waals surface area contributed by atoms with Crippen molar-refractivity contribution < 1.29 is 14.7 Å². The largest absolute Gasteiger partial charge is 0.476 e. The third-order valence-electron chi connectivity index (χ3n) is 4.79. The molecule has 0 radical (unpaired) electrons. The van der Waals surface area contributed by atoms with Crippen molar-refractivity contribution in [1.82, 2.24) is 4.90 Å². The first kappa shape index (κ1) is 20.6. The average Bonchev–Trinajstić information content (AvgIpc) is 2.91. The van der Waals surface area contributed by atoms with E-state index in [1.165, 1.54) is 35.7 Å². The molecule has 1 heterocycles. The second-order valence-corrected chi connectivity index (χ2v) is 8.70. The second-order valence-electron chi connectivity index (χ2n) is 7.32. The fourth-order valence-corrected chi connectivity index (χ4v) is 4.40. The number of rotatable bonds is 3. The summed E-state index contributed by atoms with van der Waals surface area (Å²) in [6.45, 7) is 8.76. The molecule has 0 bridgehead atoms. The van der Waals surface area contributed by atoms with E-state index in [0.717, 1.165) is 16.9 Å². The number of aliphatic carboxylic acids is 1. The smallest absolute Gasteiger partial charge is 0.364 e. The number of carboxylic acids is 1. The van der Waals surface area contributed by atoms with Crippen LogP contribution in [0.25, 0.3) is 0 Å². The van der Waals surface area contributed by atoms with Crippen LogP contribution in [0.15, 0.2) is 45.9 Å². The van der Waals surface area contributed by atoms with Gasteiger partial charge in [0, 0.05) is 0 Å². The van der Waals surface area contributed by atoms with E-state index in [0.29, 0.717) is 4.91 Å². The van der Waals surface area contributed by atoms with Gasteiger partial charge in [-0.2, -0.15) is 0 Å². The lowest BCUT2D eigenvalue weighted by molar-refractivity contribution is -0.131. The van der Waals surface area contributed by atoms with Crippen molar-refractivity contribution in [3.8, 4) is 0 Å². The molecule has 0 aromatic carbocycles. The average molecular weight is 392 g/mol. The van der Waals surface area contributed by atoms with Crippen molar-refractivity contribution in [2.45, 2.75) is 47.0 Å². The predicted octanol–water partition coefficient (Wildman–Crippen LogP) is 4.84. The van der Waals surface area contributed by atoms with Crippen molar-refractivity contribution in [2.24, 2.45) is 5.41 Å². The quantitative estimate of drug-likeness (QED) is 0.424. The van der Waals surface area contributed by atoms with E-state index in [2.05, 4.69) is 32.9 Å². The van der Waals surface area contributed by atoms with Crippen molar-refractivity contribution in [3.05, 3.63) is 45.9 Å². The van der Waals surface area contributed by atoms with E-state index in [9.17, 15) is 9.59 Å². The van der Waals surface area contributed by atoms with E-state index in [1.807, 2.05) is 13.0 Å². The van der Waals surface area contributed by atoms with Crippen molar-refractivity contribution >= 4 is 40.8 Å². The Morgan fingerprint density at radius 2 is 2.08 bits per heavy atom. The standard InChI is InChI=1S/C20H25NO3S2/c1-13(7-9-15-14(2)6-5-11-20(15,3)4)8-10-16-17(22)21(12-26-16)18(25)19(23)24/h7-10H,5-6,11-12H2,1-4H3,(H,23,24). The summed E-state index contributed by atoms with van der Waals surface area (Å²) in [7, 11) is 0. The van der Waals surface area contributed by atoms with Gasteiger partial charge in [-0.15, -0.1) is 0 Å². The summed E-state index contributed by atoms with van der Waals surface area (Å²) < 4.78 is 0. The van der Waals surface area contributed by atoms with Gasteiger partial charge in [-0.3, -0.25) is 9.69 Å². The first-order valence-electron chi connectivity index (χ1n) is 8.62. The predicted molar refractivity (Wildman–Crippen MR) is 111 cm³/mol. The normalized spacial score (nSPS) is 22.6. The molecule has 1 N–H and O–H groups in total. The van der Waals surface area contributed by atoms with E-state index < -0.39 is 5.97 Å². The summed E-state index contributed by atoms with van der Waals surface area (Å²) in [5.74, 6) is -1.34. The maximum Gasteiger partial charge on any atom is 0.364 e. The van der Waals surface area contributed by atoms with Gasteiger partial charge in [0.1, 0.15) is 0 Å². The van der Waals surface area contributed by atoms with Gasteiger partial charge in [0.05, 0.1) is 10.8 Å². The lowest BCUT2D eigenvalue weighted by Crippen LogP contribution is -2.35. The second kappa shape index (κ2) is 8.35. The molecule has 0 atom stereocenters. The van der Waals surface area contributed by atoms with Gasteiger partial charge >= 0.3 is 5.97 Å². The molecule has 0 unspecified atom stereocenters. The van der Waals surface area contributed by atoms with Gasteiger partial charge in [0.2, 0.25) is 0 Å². The van der Waals surface area contributed by atoms with Crippen LogP contribution in [0.4, 0.5) is 0 Å². The molecule has 1 amide bonds. The Bertz CT molecular complexity index is 757. The van der Waals surface area contributed by atoms with E-state index in [-0.39, 0.29) is 22.2 Å². The maximum atomic E-state index is 12.2. The Morgan fingerprint density at radius 3 is 2.69 bits per heavy atom. The number of hydrogen-bond acceptors (Lipinski definition) is 4. The van der Waals surface area contributed by atoms with Crippen molar-refractivity contribution in [2.75, 3.05) is 5.88 Å². The Kier molecular flexibility index (Phi) is 6.64. The molecule has 1 fully saturated rings. The molecule has 2 aliphatic rings. The lowest BCUT2D eigenvalue weighted by Gasteiger charge is -2.32. The first-order valence-corrected chi connectivity index (χ1v) is 10.0. The van der Waals surface area contributed by atoms with Crippen LogP contribution in [-0.2, 0) is 9.59 Å². The number of allylic oxidation sites excluding steroid dienone is 7. The molecule has 0 aromatic heterocycles. The Labute approximate surface area is 164 Å². The van der Waals surface area contributed by atoms with Crippen LogP contribution in [-0.4, -0.2) is 32.7 Å². The molecule has 0 saturated carbocycles. The number of amides is 1. The van der Waals surface area contributed by atoms with Crippen LogP contribution in [0.5, 0.6) is 0 Å². The van der Waals surface area contributed by atoms with E-state index in [1.54, 1.807) is 6.08 Å². The van der Waals surface area contributed by atoms with Crippen LogP contribution in [0.1, 0.15) is 47.0 Å². The van der Waals surface area contributed by atoms with Crippen molar-refractivity contribution in [1.29, 1.82) is 0 Å². The van der Waals surface area contributed by atoms with Crippen LogP contribution in [0.2, 0.25) is 0 Å². The van der Waals surface area contributed by atoms with Crippen LogP contribution >= 0.6 is 24.0 Å². The van der Waals surface area contributed by atoms with Gasteiger partial charge in [-0.1, -0.05) is 67.2 Å². The summed E-state index contributed by atoms with van der Waals surface area (Å²) in [5, 5.41) is 8.93. The zero-order valence-corrected chi connectivity index (χ0v) is 17.3. The number of carboxylic acid groups (broad SMARTS) is 1. The number of carbonyl (C=O) groups is 2. The van der Waals surface area contributed by atoms with Crippen molar-refractivity contribution in [3.63, 3.8) is 0 Å². The summed E-state index contributed by atoms with van der Waals surface area (Å²) in [5.41, 5.74) is 4.07. The molecule has 2 rings (SSSR count). The van der Waals surface area contributed by atoms with Crippen LogP contribution in [0, 0.1) is 5.41 Å². The van der Waals surface area contributed by atoms with Gasteiger partial charge in [-0.25, -0.2) is 4.79 Å². The molecular weight excluding hydrogens is 366 g/mol. The number of nitrogens with zero attached hydrogens (tertiary/aromatic N) is 1. The summed E-state index contributed by atoms with van der Waals surface area (Å²) >= 11 is 6.08. The highest BCUT2D eigenvalue weighted by atomic mass is 32.2. The molecular formula is C20H25NO3S2. The molecule has 26 heavy (non-hydrogen) atoms. The Morgan fingerprint density at radius 1 is 1.38 bits per heavy atom. The van der Waals surface area contributed by atoms with Crippen LogP contribution in [0.3, 0.4) is 0 Å². The number of thioether (sulfide) groups is 1. The van der Waals surface area contributed by atoms with E-state index in [4.69, 9.17) is 17.3 Å². The van der Waals surface area contributed by atoms with Gasteiger partial charge in [0.15, 0.2) is 4.99 Å². The highest BCUT2D eigenvalue weighted by molar-refractivity contribution is 8.04. The summed E-state index contributed by atoms with van der Waals surface area (Å²) in [6.07, 6.45) is 11.5. The molecule has 1 aliphatic heterocycles. The first-order chi connectivity index (χ1) is 12.1. The lowest BCUT2D eigenvalue weighted by atomic mass is 9.72. The van der Waals surface area contributed by atoms with Gasteiger partial charge < -0.3 is 5.11 Å². The minimum absolute atomic E-state index is 0.196. The monoisotopic (exact) mass is 391 g/mol. The molecule has 0 spiro atoms. The summed E-state index contributed by atoms with van der Waals surface area (Å²) in [4.78, 5) is 24.4. The zero-order chi connectivity index (χ0) is 19.5. The molecule has 1 aliphatic carbocycles. The highest BCUT2D eigenvalue weighted by Gasteiger charge is 2.32. The fourth-order valence-electron chi connectivity index (χ4n) is 3.26.